The fraction of sp³-hybridized carbons (Fsp3) is 0.462. The average Bonchev–Trinajstić information content (AvgIpc) is 2.39. The molecule has 0 radical (unpaired) electrons. The van der Waals surface area contributed by atoms with E-state index in [0.717, 1.165) is 0 Å². The highest BCUT2D eigenvalue weighted by atomic mass is 35.5. The van der Waals surface area contributed by atoms with Crippen LogP contribution in [0.25, 0.3) is 0 Å². The van der Waals surface area contributed by atoms with Crippen molar-refractivity contribution in [2.45, 2.75) is 25.8 Å². The minimum atomic E-state index is -0.803. The largest absolute Gasteiger partial charge is 0.481 e. The van der Waals surface area contributed by atoms with Gasteiger partial charge < -0.3 is 10.0 Å². The minimum Gasteiger partial charge on any atom is -0.481 e. The quantitative estimate of drug-likeness (QED) is 0.675. The van der Waals surface area contributed by atoms with E-state index >= 15 is 0 Å². The highest BCUT2D eigenvalue weighted by molar-refractivity contribution is 6.39. The van der Waals surface area contributed by atoms with E-state index in [-0.39, 0.29) is 27.7 Å². The topological polar surface area (TPSA) is 83.7 Å². The van der Waals surface area contributed by atoms with Gasteiger partial charge in [-0.15, -0.1) is 0 Å². The van der Waals surface area contributed by atoms with Gasteiger partial charge in [0.15, 0.2) is 0 Å². The van der Waals surface area contributed by atoms with Crippen LogP contribution >= 0.6 is 23.2 Å². The molecule has 0 bridgehead atoms. The number of nitrogens with zero attached hydrogens (tertiary/aromatic N) is 2. The van der Waals surface area contributed by atoms with Crippen LogP contribution in [-0.4, -0.2) is 28.6 Å². The summed E-state index contributed by atoms with van der Waals surface area (Å²) in [5, 5.41) is 20.3. The predicted molar refractivity (Wildman–Crippen MR) is 80.3 cm³/mol. The molecule has 2 atom stereocenters. The van der Waals surface area contributed by atoms with Crippen molar-refractivity contribution in [3.63, 3.8) is 0 Å². The molecule has 0 amide bonds. The third kappa shape index (κ3) is 3.22. The molecule has 0 spiro atoms. The monoisotopic (exact) mass is 332 g/mol. The van der Waals surface area contributed by atoms with E-state index in [1.54, 1.807) is 0 Å². The third-order valence-electron chi connectivity index (χ3n) is 3.73. The molecule has 114 valence electrons. The maximum absolute atomic E-state index is 11.1. The van der Waals surface area contributed by atoms with Gasteiger partial charge in [-0.25, -0.2) is 0 Å². The molecule has 1 aliphatic heterocycles. The van der Waals surface area contributed by atoms with Crippen LogP contribution in [-0.2, 0) is 4.79 Å². The Balaban J connectivity index is 2.31. The Labute approximate surface area is 131 Å². The lowest BCUT2D eigenvalue weighted by atomic mass is 9.91. The summed E-state index contributed by atoms with van der Waals surface area (Å²) in [6.07, 6.45) is 0.975. The average molecular weight is 333 g/mol. The number of piperidine rings is 1. The summed E-state index contributed by atoms with van der Waals surface area (Å²) in [5.74, 6) is -1.19. The maximum atomic E-state index is 11.1. The number of rotatable bonds is 3. The summed E-state index contributed by atoms with van der Waals surface area (Å²) in [6.45, 7) is 2.39. The van der Waals surface area contributed by atoms with Crippen LogP contribution in [0.1, 0.15) is 19.8 Å². The number of halogens is 2. The molecule has 1 fully saturated rings. The Morgan fingerprint density at radius 3 is 2.43 bits per heavy atom. The number of hydrogen-bond donors (Lipinski definition) is 1. The van der Waals surface area contributed by atoms with Gasteiger partial charge in [0.05, 0.1) is 26.6 Å². The number of carboxylic acids is 1. The first-order valence-electron chi connectivity index (χ1n) is 6.44. The zero-order chi connectivity index (χ0) is 15.7. The number of aliphatic carboxylic acids is 1. The fourth-order valence-electron chi connectivity index (χ4n) is 2.66. The number of non-ortho nitro benzene ring substituents is 1. The van der Waals surface area contributed by atoms with E-state index in [0.29, 0.717) is 25.1 Å². The Morgan fingerprint density at radius 2 is 2.00 bits per heavy atom. The molecule has 0 aromatic heterocycles. The van der Waals surface area contributed by atoms with E-state index < -0.39 is 10.9 Å². The second kappa shape index (κ2) is 6.07. The Kier molecular flexibility index (Phi) is 4.58. The van der Waals surface area contributed by atoms with Crippen molar-refractivity contribution in [3.05, 3.63) is 32.3 Å². The van der Waals surface area contributed by atoms with Crippen molar-refractivity contribution in [2.24, 2.45) is 5.92 Å². The van der Waals surface area contributed by atoms with Gasteiger partial charge in [0.2, 0.25) is 0 Å². The number of carboxylic acid groups (broad SMARTS) is 1. The fourth-order valence-corrected chi connectivity index (χ4v) is 3.35. The molecule has 0 saturated carbocycles. The molecular weight excluding hydrogens is 319 g/mol. The first-order chi connectivity index (χ1) is 9.81. The summed E-state index contributed by atoms with van der Waals surface area (Å²) in [5.41, 5.74) is 0.363. The number of benzene rings is 1. The van der Waals surface area contributed by atoms with Crippen molar-refractivity contribution < 1.29 is 14.8 Å². The SMILES string of the molecule is CC1CC(C(=O)O)CCN1c1c(Cl)cc([N+](=O)[O-])cc1Cl. The van der Waals surface area contributed by atoms with E-state index in [1.807, 2.05) is 11.8 Å². The minimum absolute atomic E-state index is 0.0590. The van der Waals surface area contributed by atoms with Crippen LogP contribution in [0.3, 0.4) is 0 Å². The summed E-state index contributed by atoms with van der Waals surface area (Å²) in [4.78, 5) is 23.2. The molecule has 1 aliphatic rings. The van der Waals surface area contributed by atoms with Gasteiger partial charge in [-0.3, -0.25) is 14.9 Å². The number of nitro benzene ring substituents is 1. The van der Waals surface area contributed by atoms with Crippen LogP contribution in [0, 0.1) is 16.0 Å². The van der Waals surface area contributed by atoms with Crippen molar-refractivity contribution in [1.29, 1.82) is 0 Å². The van der Waals surface area contributed by atoms with E-state index in [4.69, 9.17) is 28.3 Å². The molecule has 21 heavy (non-hydrogen) atoms. The Bertz CT molecular complexity index is 571. The molecule has 1 aromatic rings. The van der Waals surface area contributed by atoms with Crippen molar-refractivity contribution in [3.8, 4) is 0 Å². The lowest BCUT2D eigenvalue weighted by Gasteiger charge is -2.38. The number of hydrogen-bond acceptors (Lipinski definition) is 4. The summed E-state index contributed by atoms with van der Waals surface area (Å²) < 4.78 is 0. The van der Waals surface area contributed by atoms with Gasteiger partial charge >= 0.3 is 5.97 Å². The van der Waals surface area contributed by atoms with Crippen LogP contribution in [0.5, 0.6) is 0 Å². The molecule has 2 rings (SSSR count). The third-order valence-corrected chi connectivity index (χ3v) is 4.30. The molecule has 1 saturated heterocycles. The molecule has 8 heteroatoms. The van der Waals surface area contributed by atoms with Gasteiger partial charge in [-0.2, -0.15) is 0 Å². The highest BCUT2D eigenvalue weighted by Gasteiger charge is 2.32. The van der Waals surface area contributed by atoms with Crippen LogP contribution in [0.15, 0.2) is 12.1 Å². The van der Waals surface area contributed by atoms with Gasteiger partial charge in [0, 0.05) is 24.7 Å². The number of carbonyl (C=O) groups is 1. The molecule has 0 aliphatic carbocycles. The Hall–Kier alpha value is -1.53. The summed E-state index contributed by atoms with van der Waals surface area (Å²) in [6, 6.07) is 2.47. The van der Waals surface area contributed by atoms with Crippen molar-refractivity contribution >= 4 is 40.5 Å². The van der Waals surface area contributed by atoms with Gasteiger partial charge in [-0.05, 0) is 19.8 Å². The smallest absolute Gasteiger partial charge is 0.306 e. The van der Waals surface area contributed by atoms with E-state index in [1.165, 1.54) is 12.1 Å². The van der Waals surface area contributed by atoms with Gasteiger partial charge in [0.1, 0.15) is 0 Å². The zero-order valence-corrected chi connectivity index (χ0v) is 12.8. The second-order valence-corrected chi connectivity index (χ2v) is 5.93. The Morgan fingerprint density at radius 1 is 1.43 bits per heavy atom. The number of nitro groups is 1. The van der Waals surface area contributed by atoms with Crippen LogP contribution in [0.4, 0.5) is 11.4 Å². The van der Waals surface area contributed by atoms with E-state index in [2.05, 4.69) is 0 Å². The normalized spacial score (nSPS) is 22.1. The van der Waals surface area contributed by atoms with Crippen LogP contribution < -0.4 is 4.90 Å². The molecule has 2 unspecified atom stereocenters. The van der Waals surface area contributed by atoms with Crippen LogP contribution in [0.2, 0.25) is 10.0 Å². The first-order valence-corrected chi connectivity index (χ1v) is 7.19. The standard InChI is InChI=1S/C13H14Cl2N2O4/c1-7-4-8(13(18)19)2-3-16(7)12-10(14)5-9(17(20)21)6-11(12)15/h5-8H,2-4H2,1H3,(H,18,19). The lowest BCUT2D eigenvalue weighted by Crippen LogP contribution is -2.43. The van der Waals surface area contributed by atoms with Crippen molar-refractivity contribution in [1.82, 2.24) is 0 Å². The lowest BCUT2D eigenvalue weighted by molar-refractivity contribution is -0.384. The summed E-state index contributed by atoms with van der Waals surface area (Å²) in [7, 11) is 0. The molecule has 1 aromatic carbocycles. The predicted octanol–water partition coefficient (Wildman–Crippen LogP) is 3.59. The molecule has 6 nitrogen and oxygen atoms in total. The molecular formula is C13H14Cl2N2O4. The van der Waals surface area contributed by atoms with E-state index in [9.17, 15) is 14.9 Å². The van der Waals surface area contributed by atoms with Gasteiger partial charge in [-0.1, -0.05) is 23.2 Å². The first kappa shape index (κ1) is 15.9. The molecule has 1 heterocycles. The second-order valence-electron chi connectivity index (χ2n) is 5.12. The maximum Gasteiger partial charge on any atom is 0.306 e. The van der Waals surface area contributed by atoms with Crippen molar-refractivity contribution in [2.75, 3.05) is 11.4 Å². The number of anilines is 1. The molecule has 1 N–H and O–H groups in total. The van der Waals surface area contributed by atoms with Gasteiger partial charge in [0.25, 0.3) is 5.69 Å². The summed E-state index contributed by atoms with van der Waals surface area (Å²) >= 11 is 12.3. The zero-order valence-electron chi connectivity index (χ0n) is 11.3. The highest BCUT2D eigenvalue weighted by Crippen LogP contribution is 2.40.